The van der Waals surface area contributed by atoms with Gasteiger partial charge in [-0.25, -0.2) is 0 Å². The maximum atomic E-state index is 8.69. The molecule has 0 atom stereocenters. The fourth-order valence-corrected chi connectivity index (χ4v) is 4.31. The van der Waals surface area contributed by atoms with Crippen molar-refractivity contribution in [2.45, 2.75) is 50.3 Å². The molecule has 4 rings (SSSR count). The van der Waals surface area contributed by atoms with Crippen LogP contribution in [-0.4, -0.2) is 0 Å². The molecular formula is C28H28N2S. The van der Waals surface area contributed by atoms with Crippen LogP contribution in [0.25, 0.3) is 11.1 Å². The molecule has 1 saturated carbocycles. The van der Waals surface area contributed by atoms with Crippen molar-refractivity contribution in [3.8, 4) is 22.6 Å². The highest BCUT2D eigenvalue weighted by molar-refractivity contribution is 8.03. The summed E-state index contributed by atoms with van der Waals surface area (Å²) in [7, 11) is 0. The quantitative estimate of drug-likeness (QED) is 0.315. The van der Waals surface area contributed by atoms with E-state index in [0.29, 0.717) is 5.56 Å². The lowest BCUT2D eigenvalue weighted by atomic mass is 9.79. The Morgan fingerprint density at radius 1 is 0.742 bits per heavy atom. The molecule has 0 saturated heterocycles. The predicted molar refractivity (Wildman–Crippen MR) is 130 cm³/mol. The second kappa shape index (κ2) is 11.4. The molecule has 0 bridgehead atoms. The SMILES string of the molecule is CC1CCC(c2ccc(SC#N)cc2)CC1.Cc1ccc(-c2ccc(C#N)cc2)cc1. The molecule has 1 aliphatic carbocycles. The minimum absolute atomic E-state index is 0.700. The normalized spacial score (nSPS) is 17.5. The molecule has 2 nitrogen and oxygen atoms in total. The lowest BCUT2D eigenvalue weighted by Gasteiger charge is -2.26. The molecule has 31 heavy (non-hydrogen) atoms. The second-order valence-electron chi connectivity index (χ2n) is 8.27. The van der Waals surface area contributed by atoms with Crippen LogP contribution in [0.4, 0.5) is 0 Å². The average Bonchev–Trinajstić information content (AvgIpc) is 2.81. The molecule has 0 amide bonds. The van der Waals surface area contributed by atoms with Crippen LogP contribution in [0.1, 0.15) is 55.2 Å². The zero-order chi connectivity index (χ0) is 22.1. The molecule has 0 aliphatic heterocycles. The third-order valence-corrected chi connectivity index (χ3v) is 6.53. The van der Waals surface area contributed by atoms with E-state index in [4.69, 9.17) is 10.5 Å². The smallest absolute Gasteiger partial charge is 0.138 e. The van der Waals surface area contributed by atoms with Crippen molar-refractivity contribution in [1.82, 2.24) is 0 Å². The molecular weight excluding hydrogens is 396 g/mol. The Morgan fingerprint density at radius 2 is 1.29 bits per heavy atom. The molecule has 156 valence electrons. The van der Waals surface area contributed by atoms with Crippen molar-refractivity contribution < 1.29 is 0 Å². The van der Waals surface area contributed by atoms with Crippen LogP contribution in [0, 0.1) is 34.8 Å². The van der Waals surface area contributed by atoms with Crippen molar-refractivity contribution in [2.75, 3.05) is 0 Å². The van der Waals surface area contributed by atoms with Crippen LogP contribution < -0.4 is 0 Å². The first-order valence-electron chi connectivity index (χ1n) is 10.8. The van der Waals surface area contributed by atoms with Gasteiger partial charge in [0.2, 0.25) is 0 Å². The summed E-state index contributed by atoms with van der Waals surface area (Å²) in [5, 5.41) is 19.4. The van der Waals surface area contributed by atoms with E-state index in [1.54, 1.807) is 0 Å². The van der Waals surface area contributed by atoms with Gasteiger partial charge in [0.25, 0.3) is 0 Å². The van der Waals surface area contributed by atoms with Gasteiger partial charge < -0.3 is 0 Å². The van der Waals surface area contributed by atoms with Crippen LogP contribution in [0.3, 0.4) is 0 Å². The number of rotatable bonds is 3. The molecule has 0 heterocycles. The molecule has 0 spiro atoms. The van der Waals surface area contributed by atoms with Gasteiger partial charge in [-0.2, -0.15) is 10.5 Å². The van der Waals surface area contributed by atoms with Gasteiger partial charge in [-0.1, -0.05) is 73.9 Å². The monoisotopic (exact) mass is 424 g/mol. The van der Waals surface area contributed by atoms with E-state index in [1.807, 2.05) is 24.3 Å². The van der Waals surface area contributed by atoms with Gasteiger partial charge in [0.15, 0.2) is 0 Å². The Hall–Kier alpha value is -3.01. The Morgan fingerprint density at radius 3 is 1.81 bits per heavy atom. The van der Waals surface area contributed by atoms with E-state index in [-0.39, 0.29) is 0 Å². The Bertz CT molecular complexity index is 1030. The van der Waals surface area contributed by atoms with Crippen molar-refractivity contribution in [3.63, 3.8) is 0 Å². The molecule has 1 fully saturated rings. The largest absolute Gasteiger partial charge is 0.192 e. The van der Waals surface area contributed by atoms with Gasteiger partial charge in [-0.15, -0.1) is 0 Å². The standard InChI is InChI=1S/C14H17NS.C14H11N/c1-11-2-4-12(5-3-11)13-6-8-14(9-7-13)16-10-15;1-11-2-6-13(7-3-11)14-8-4-12(10-15)5-9-14/h6-9,11-12H,2-5H2,1H3;2-9H,1H3. The van der Waals surface area contributed by atoms with Crippen LogP contribution in [0.2, 0.25) is 0 Å². The first-order chi connectivity index (χ1) is 15.1. The van der Waals surface area contributed by atoms with Gasteiger partial charge in [0.1, 0.15) is 5.40 Å². The maximum Gasteiger partial charge on any atom is 0.138 e. The highest BCUT2D eigenvalue weighted by Crippen LogP contribution is 2.35. The first-order valence-corrected chi connectivity index (χ1v) is 11.6. The summed E-state index contributed by atoms with van der Waals surface area (Å²) in [6.45, 7) is 4.42. The van der Waals surface area contributed by atoms with E-state index in [9.17, 15) is 0 Å². The van der Waals surface area contributed by atoms with Gasteiger partial charge in [0.05, 0.1) is 11.6 Å². The van der Waals surface area contributed by atoms with Crippen molar-refractivity contribution in [1.29, 1.82) is 10.5 Å². The van der Waals surface area contributed by atoms with Crippen LogP contribution in [0.15, 0.2) is 77.7 Å². The highest BCUT2D eigenvalue weighted by atomic mass is 32.2. The number of benzene rings is 3. The first kappa shape index (κ1) is 22.7. The minimum atomic E-state index is 0.700. The van der Waals surface area contributed by atoms with E-state index in [2.05, 4.69) is 73.8 Å². The average molecular weight is 425 g/mol. The molecule has 0 N–H and O–H groups in total. The van der Waals surface area contributed by atoms with E-state index in [1.165, 1.54) is 54.1 Å². The maximum absolute atomic E-state index is 8.69. The zero-order valence-corrected chi connectivity index (χ0v) is 19.0. The van der Waals surface area contributed by atoms with Crippen molar-refractivity contribution in [3.05, 3.63) is 89.5 Å². The summed E-state index contributed by atoms with van der Waals surface area (Å²) in [6, 6.07) is 26.7. The topological polar surface area (TPSA) is 47.6 Å². The van der Waals surface area contributed by atoms with Gasteiger partial charge in [0, 0.05) is 4.90 Å². The second-order valence-corrected chi connectivity index (χ2v) is 9.13. The van der Waals surface area contributed by atoms with Crippen molar-refractivity contribution >= 4 is 11.8 Å². The third-order valence-electron chi connectivity index (χ3n) is 5.93. The highest BCUT2D eigenvalue weighted by Gasteiger charge is 2.19. The fraction of sp³-hybridized carbons (Fsp3) is 0.286. The molecule has 3 heteroatoms. The summed E-state index contributed by atoms with van der Waals surface area (Å²) < 4.78 is 0. The molecule has 3 aromatic carbocycles. The molecule has 3 aromatic rings. The molecule has 0 radical (unpaired) electrons. The third kappa shape index (κ3) is 6.74. The van der Waals surface area contributed by atoms with Gasteiger partial charge in [-0.3, -0.25) is 0 Å². The number of hydrogen-bond acceptors (Lipinski definition) is 3. The van der Waals surface area contributed by atoms with E-state index >= 15 is 0 Å². The summed E-state index contributed by atoms with van der Waals surface area (Å²) in [4.78, 5) is 1.05. The number of hydrogen-bond donors (Lipinski definition) is 0. The van der Waals surface area contributed by atoms with Crippen molar-refractivity contribution in [2.24, 2.45) is 5.92 Å². The summed E-state index contributed by atoms with van der Waals surface area (Å²) in [5.41, 5.74) is 5.74. The van der Waals surface area contributed by atoms with E-state index in [0.717, 1.165) is 22.3 Å². The molecule has 0 unspecified atom stereocenters. The Kier molecular flexibility index (Phi) is 8.34. The lowest BCUT2D eigenvalue weighted by molar-refractivity contribution is 0.348. The van der Waals surface area contributed by atoms with Crippen LogP contribution in [0.5, 0.6) is 0 Å². The van der Waals surface area contributed by atoms with Crippen LogP contribution >= 0.6 is 11.8 Å². The van der Waals surface area contributed by atoms with Gasteiger partial charge in [-0.05, 0) is 84.3 Å². The summed E-state index contributed by atoms with van der Waals surface area (Å²) in [6.07, 6.45) is 5.37. The zero-order valence-electron chi connectivity index (χ0n) is 18.2. The van der Waals surface area contributed by atoms with Crippen LogP contribution in [-0.2, 0) is 0 Å². The lowest BCUT2D eigenvalue weighted by Crippen LogP contribution is -2.10. The summed E-state index contributed by atoms with van der Waals surface area (Å²) in [5.74, 6) is 1.65. The minimum Gasteiger partial charge on any atom is -0.192 e. The summed E-state index contributed by atoms with van der Waals surface area (Å²) >= 11 is 1.24. The predicted octanol–water partition coefficient (Wildman–Crippen LogP) is 8.09. The Balaban J connectivity index is 0.000000176. The molecule has 1 aliphatic rings. The Labute approximate surface area is 190 Å². The molecule has 0 aromatic heterocycles. The fourth-order valence-electron chi connectivity index (χ4n) is 3.94. The number of thioether (sulfide) groups is 1. The number of aryl methyl sites for hydroxylation is 1. The number of nitrogens with zero attached hydrogens (tertiary/aromatic N) is 2. The van der Waals surface area contributed by atoms with Gasteiger partial charge >= 0.3 is 0 Å². The number of nitriles is 2. The number of thiocyanates is 1. The van der Waals surface area contributed by atoms with E-state index < -0.39 is 0 Å².